The van der Waals surface area contributed by atoms with Crippen LogP contribution in [-0.4, -0.2) is 42.2 Å². The number of rotatable bonds is 2. The topological polar surface area (TPSA) is 55.8 Å². The number of amides is 2. The Balaban J connectivity index is 1.39. The number of piperazine rings is 1. The fraction of sp³-hybridized carbons (Fsp3) is 0.190. The Morgan fingerprint density at radius 1 is 0.846 bits per heavy atom. The summed E-state index contributed by atoms with van der Waals surface area (Å²) in [4.78, 5) is 16.5. The largest absolute Gasteiger partial charge is 0.506 e. The van der Waals surface area contributed by atoms with Gasteiger partial charge in [0.2, 0.25) is 0 Å². The summed E-state index contributed by atoms with van der Waals surface area (Å²) in [7, 11) is 0. The number of urea groups is 1. The molecular weight excluding hydrogens is 326 g/mol. The minimum Gasteiger partial charge on any atom is -0.506 e. The van der Waals surface area contributed by atoms with E-state index in [1.807, 2.05) is 59.5 Å². The molecule has 1 aliphatic heterocycles. The molecule has 0 aliphatic carbocycles. The number of benzene rings is 3. The van der Waals surface area contributed by atoms with Crippen molar-refractivity contribution < 1.29 is 9.90 Å². The molecule has 1 heterocycles. The van der Waals surface area contributed by atoms with Crippen LogP contribution in [0.2, 0.25) is 0 Å². The number of carbonyl (C=O) groups excluding carboxylic acids is 1. The second-order valence-corrected chi connectivity index (χ2v) is 6.45. The molecule has 2 N–H and O–H groups in total. The average Bonchev–Trinajstić information content (AvgIpc) is 2.68. The van der Waals surface area contributed by atoms with Crippen LogP contribution in [-0.2, 0) is 0 Å². The number of phenols is 1. The number of fused-ring (bicyclic) bond motifs is 1. The van der Waals surface area contributed by atoms with Gasteiger partial charge < -0.3 is 20.2 Å². The lowest BCUT2D eigenvalue weighted by Crippen LogP contribution is -2.50. The Kier molecular flexibility index (Phi) is 4.35. The van der Waals surface area contributed by atoms with Crippen molar-refractivity contribution in [3.05, 3.63) is 66.7 Å². The first-order valence-corrected chi connectivity index (χ1v) is 8.78. The summed E-state index contributed by atoms with van der Waals surface area (Å²) in [5.41, 5.74) is 1.62. The van der Waals surface area contributed by atoms with Gasteiger partial charge in [-0.15, -0.1) is 0 Å². The highest BCUT2D eigenvalue weighted by Crippen LogP contribution is 2.27. The zero-order valence-corrected chi connectivity index (χ0v) is 14.4. The summed E-state index contributed by atoms with van der Waals surface area (Å²) in [5, 5.41) is 15.2. The molecule has 26 heavy (non-hydrogen) atoms. The lowest BCUT2D eigenvalue weighted by Gasteiger charge is -2.36. The Morgan fingerprint density at radius 3 is 2.31 bits per heavy atom. The average molecular weight is 347 g/mol. The first-order valence-electron chi connectivity index (χ1n) is 8.78. The van der Waals surface area contributed by atoms with Crippen LogP contribution < -0.4 is 10.2 Å². The number of nitrogens with zero attached hydrogens (tertiary/aromatic N) is 2. The monoisotopic (exact) mass is 347 g/mol. The van der Waals surface area contributed by atoms with Crippen LogP contribution in [0.1, 0.15) is 0 Å². The molecule has 0 radical (unpaired) electrons. The molecule has 3 aromatic carbocycles. The fourth-order valence-electron chi connectivity index (χ4n) is 3.35. The van der Waals surface area contributed by atoms with Crippen molar-refractivity contribution in [1.29, 1.82) is 0 Å². The maximum atomic E-state index is 12.6. The van der Waals surface area contributed by atoms with Crippen LogP contribution in [0.3, 0.4) is 0 Å². The molecule has 132 valence electrons. The zero-order valence-electron chi connectivity index (χ0n) is 14.4. The van der Waals surface area contributed by atoms with Gasteiger partial charge in [-0.2, -0.15) is 0 Å². The fourth-order valence-corrected chi connectivity index (χ4v) is 3.35. The van der Waals surface area contributed by atoms with Gasteiger partial charge in [0.25, 0.3) is 0 Å². The van der Waals surface area contributed by atoms with Crippen LogP contribution in [0, 0.1) is 0 Å². The number of hydrogen-bond donors (Lipinski definition) is 2. The third-order valence-corrected chi connectivity index (χ3v) is 4.79. The van der Waals surface area contributed by atoms with E-state index in [0.717, 1.165) is 22.1 Å². The molecule has 0 saturated carbocycles. The molecule has 1 saturated heterocycles. The predicted molar refractivity (Wildman–Crippen MR) is 105 cm³/mol. The summed E-state index contributed by atoms with van der Waals surface area (Å²) in [6.45, 7) is 2.63. The Labute approximate surface area is 152 Å². The maximum Gasteiger partial charge on any atom is 0.321 e. The maximum absolute atomic E-state index is 12.6. The van der Waals surface area contributed by atoms with Gasteiger partial charge in [-0.25, -0.2) is 4.79 Å². The van der Waals surface area contributed by atoms with Gasteiger partial charge in [0.05, 0.1) is 5.69 Å². The van der Waals surface area contributed by atoms with E-state index in [-0.39, 0.29) is 11.8 Å². The van der Waals surface area contributed by atoms with E-state index in [0.29, 0.717) is 26.2 Å². The summed E-state index contributed by atoms with van der Waals surface area (Å²) >= 11 is 0. The lowest BCUT2D eigenvalue weighted by atomic mass is 10.1. The molecule has 0 bridgehead atoms. The Hall–Kier alpha value is -3.21. The molecule has 4 rings (SSSR count). The number of aromatic hydroxyl groups is 1. The van der Waals surface area contributed by atoms with E-state index in [1.54, 1.807) is 6.07 Å². The third-order valence-electron chi connectivity index (χ3n) is 4.79. The third kappa shape index (κ3) is 3.28. The van der Waals surface area contributed by atoms with Gasteiger partial charge in [-0.05, 0) is 35.0 Å². The van der Waals surface area contributed by atoms with Gasteiger partial charge in [0.15, 0.2) is 0 Å². The van der Waals surface area contributed by atoms with E-state index < -0.39 is 0 Å². The molecule has 0 aromatic heterocycles. The minimum atomic E-state index is -0.0859. The molecule has 5 nitrogen and oxygen atoms in total. The highest BCUT2D eigenvalue weighted by molar-refractivity contribution is 5.93. The van der Waals surface area contributed by atoms with Gasteiger partial charge in [0.1, 0.15) is 5.75 Å². The van der Waals surface area contributed by atoms with Crippen LogP contribution in [0.4, 0.5) is 16.2 Å². The van der Waals surface area contributed by atoms with E-state index >= 15 is 0 Å². The van der Waals surface area contributed by atoms with Crippen molar-refractivity contribution in [3.63, 3.8) is 0 Å². The number of anilines is 2. The molecule has 1 aliphatic rings. The molecule has 0 unspecified atom stereocenters. The molecular formula is C21H21N3O2. The summed E-state index contributed by atoms with van der Waals surface area (Å²) in [5.74, 6) is 0.279. The molecule has 5 heteroatoms. The van der Waals surface area contributed by atoms with E-state index in [2.05, 4.69) is 16.3 Å². The van der Waals surface area contributed by atoms with Crippen molar-refractivity contribution in [2.75, 3.05) is 36.4 Å². The smallest absolute Gasteiger partial charge is 0.321 e. The van der Waals surface area contributed by atoms with Gasteiger partial charge in [-0.3, -0.25) is 0 Å². The zero-order chi connectivity index (χ0) is 17.9. The summed E-state index contributed by atoms with van der Waals surface area (Å²) in [6, 6.07) is 21.3. The molecule has 2 amide bonds. The second-order valence-electron chi connectivity index (χ2n) is 6.45. The van der Waals surface area contributed by atoms with Crippen molar-refractivity contribution >= 4 is 28.2 Å². The van der Waals surface area contributed by atoms with Crippen LogP contribution in [0.5, 0.6) is 5.75 Å². The normalized spacial score (nSPS) is 14.5. The van der Waals surface area contributed by atoms with Crippen molar-refractivity contribution in [3.8, 4) is 5.75 Å². The lowest BCUT2D eigenvalue weighted by molar-refractivity contribution is 0.208. The van der Waals surface area contributed by atoms with Crippen LogP contribution >= 0.6 is 0 Å². The van der Waals surface area contributed by atoms with E-state index in [4.69, 9.17) is 0 Å². The first-order chi connectivity index (χ1) is 12.7. The molecule has 0 atom stereocenters. The quantitative estimate of drug-likeness (QED) is 0.739. The van der Waals surface area contributed by atoms with Crippen LogP contribution in [0.15, 0.2) is 66.7 Å². The van der Waals surface area contributed by atoms with E-state index in [1.165, 1.54) is 0 Å². The van der Waals surface area contributed by atoms with E-state index in [9.17, 15) is 9.90 Å². The summed E-state index contributed by atoms with van der Waals surface area (Å²) < 4.78 is 0. The standard InChI is InChI=1S/C21H21N3O2/c25-20-8-4-3-7-19(20)23-11-13-24(14-12-23)21(26)22-18-10-9-16-5-1-2-6-17(16)15-18/h1-10,15,25H,11-14H2,(H,22,26). The van der Waals surface area contributed by atoms with Gasteiger partial charge >= 0.3 is 6.03 Å². The van der Waals surface area contributed by atoms with Gasteiger partial charge in [-0.1, -0.05) is 42.5 Å². The van der Waals surface area contributed by atoms with Crippen molar-refractivity contribution in [1.82, 2.24) is 4.90 Å². The molecule has 0 spiro atoms. The first kappa shape index (κ1) is 16.3. The van der Waals surface area contributed by atoms with Gasteiger partial charge in [0, 0.05) is 31.9 Å². The predicted octanol–water partition coefficient (Wildman–Crippen LogP) is 3.90. The second kappa shape index (κ2) is 6.96. The molecule has 1 fully saturated rings. The number of para-hydroxylation sites is 2. The van der Waals surface area contributed by atoms with Crippen LogP contribution in [0.25, 0.3) is 10.8 Å². The molecule has 3 aromatic rings. The number of phenolic OH excluding ortho intramolecular Hbond substituents is 1. The SMILES string of the molecule is O=C(Nc1ccc2ccccc2c1)N1CCN(c2ccccc2O)CC1. The Bertz CT molecular complexity index is 933. The number of nitrogens with one attached hydrogen (secondary N) is 1. The van der Waals surface area contributed by atoms with Crippen molar-refractivity contribution in [2.45, 2.75) is 0 Å². The number of hydrogen-bond acceptors (Lipinski definition) is 3. The highest BCUT2D eigenvalue weighted by Gasteiger charge is 2.22. The summed E-state index contributed by atoms with van der Waals surface area (Å²) in [6.07, 6.45) is 0. The number of carbonyl (C=O) groups is 1. The Morgan fingerprint density at radius 2 is 1.54 bits per heavy atom. The minimum absolute atomic E-state index is 0.0859. The van der Waals surface area contributed by atoms with Crippen molar-refractivity contribution in [2.24, 2.45) is 0 Å². The highest BCUT2D eigenvalue weighted by atomic mass is 16.3.